The van der Waals surface area contributed by atoms with E-state index in [-0.39, 0.29) is 54.6 Å². The van der Waals surface area contributed by atoms with Crippen molar-refractivity contribution in [2.75, 3.05) is 6.61 Å². The van der Waals surface area contributed by atoms with E-state index in [1.165, 1.54) is 0 Å². The molecule has 4 amide bonds. The molecule has 6 atom stereocenters. The number of carbonyl (C=O) groups excluding carboxylic acids is 4. The van der Waals surface area contributed by atoms with Crippen LogP contribution in [-0.2, 0) is 25.6 Å². The number of hydrogen-bond donors (Lipinski definition) is 5. The molecule has 2 rings (SSSR count). The molecule has 1 aromatic heterocycles. The first kappa shape index (κ1) is 41.2. The van der Waals surface area contributed by atoms with Crippen LogP contribution in [0, 0.1) is 23.7 Å². The third-order valence-electron chi connectivity index (χ3n) is 8.62. The first-order valence-corrected chi connectivity index (χ1v) is 17.7. The third-order valence-corrected chi connectivity index (χ3v) is 8.62. The summed E-state index contributed by atoms with van der Waals surface area (Å²) in [6.45, 7) is 15.9. The van der Waals surface area contributed by atoms with Crippen molar-refractivity contribution in [2.45, 2.75) is 118 Å². The van der Waals surface area contributed by atoms with Crippen LogP contribution in [0.25, 0.3) is 0 Å². The number of nitrogens with zero attached hydrogens (tertiary/aromatic N) is 1. The Balaban J connectivity index is 2.18. The van der Waals surface area contributed by atoms with E-state index in [1.54, 1.807) is 24.5 Å². The van der Waals surface area contributed by atoms with E-state index in [9.17, 15) is 19.2 Å². The lowest BCUT2D eigenvalue weighted by molar-refractivity contribution is -0.133. The number of nitrogens with one attached hydrogen (secondary N) is 4. The molecule has 11 nitrogen and oxygen atoms in total. The lowest BCUT2D eigenvalue weighted by Gasteiger charge is -2.30. The van der Waals surface area contributed by atoms with Gasteiger partial charge in [0.15, 0.2) is 0 Å². The molecule has 0 aliphatic carbocycles. The molecule has 0 radical (unpaired) electrons. The van der Waals surface area contributed by atoms with E-state index in [1.807, 2.05) is 85.7 Å². The van der Waals surface area contributed by atoms with Gasteiger partial charge in [0.2, 0.25) is 23.6 Å². The maximum Gasteiger partial charge on any atom is 0.243 e. The van der Waals surface area contributed by atoms with E-state index < -0.39 is 36.0 Å². The number of carbonyl (C=O) groups is 4. The Kier molecular flexibility index (Phi) is 17.8. The van der Waals surface area contributed by atoms with E-state index in [0.29, 0.717) is 25.0 Å². The minimum atomic E-state index is -0.886. The topological polar surface area (TPSA) is 165 Å². The molecule has 2 aromatic rings. The second kappa shape index (κ2) is 21.2. The van der Waals surface area contributed by atoms with Crippen molar-refractivity contribution in [1.29, 1.82) is 0 Å². The number of rotatable bonds is 21. The zero-order chi connectivity index (χ0) is 36.5. The van der Waals surface area contributed by atoms with Crippen LogP contribution < -0.4 is 31.7 Å². The normalized spacial score (nSPS) is 15.1. The Bertz CT molecular complexity index is 1290. The van der Waals surface area contributed by atoms with Gasteiger partial charge >= 0.3 is 0 Å². The number of aromatic nitrogens is 1. The van der Waals surface area contributed by atoms with Crippen molar-refractivity contribution < 1.29 is 23.9 Å². The van der Waals surface area contributed by atoms with E-state index in [4.69, 9.17) is 10.5 Å². The van der Waals surface area contributed by atoms with Crippen LogP contribution in [0.1, 0.15) is 86.6 Å². The molecule has 1 unspecified atom stereocenters. The molecule has 0 aliphatic heterocycles. The molecule has 0 aliphatic rings. The molecule has 0 bridgehead atoms. The highest BCUT2D eigenvalue weighted by atomic mass is 16.5. The maximum atomic E-state index is 13.9. The van der Waals surface area contributed by atoms with Gasteiger partial charge < -0.3 is 31.7 Å². The van der Waals surface area contributed by atoms with Crippen LogP contribution in [-0.4, -0.2) is 65.4 Å². The van der Waals surface area contributed by atoms with Gasteiger partial charge in [-0.3, -0.25) is 24.2 Å². The van der Waals surface area contributed by atoms with Crippen molar-refractivity contribution >= 4 is 23.6 Å². The number of benzene rings is 1. The molecule has 0 fully saturated rings. The van der Waals surface area contributed by atoms with Crippen LogP contribution in [0.2, 0.25) is 0 Å². The van der Waals surface area contributed by atoms with Gasteiger partial charge in [-0.1, -0.05) is 92.1 Å². The predicted octanol–water partition coefficient (Wildman–Crippen LogP) is 4.15. The summed E-state index contributed by atoms with van der Waals surface area (Å²) in [5.41, 5.74) is 7.61. The molecule has 272 valence electrons. The molecule has 1 heterocycles. The fraction of sp³-hybridized carbons (Fsp3) is 0.605. The average Bonchev–Trinajstić information content (AvgIpc) is 3.04. The summed E-state index contributed by atoms with van der Waals surface area (Å²) in [5.74, 6) is -0.475. The Hall–Kier alpha value is -3.99. The molecule has 0 saturated heterocycles. The Morgan fingerprint density at radius 3 is 2.02 bits per heavy atom. The van der Waals surface area contributed by atoms with Crippen LogP contribution in [0.3, 0.4) is 0 Å². The van der Waals surface area contributed by atoms with Gasteiger partial charge in [0, 0.05) is 31.1 Å². The summed E-state index contributed by atoms with van der Waals surface area (Å²) < 4.78 is 5.85. The van der Waals surface area contributed by atoms with Gasteiger partial charge in [0.1, 0.15) is 24.4 Å². The minimum absolute atomic E-state index is 0.0364. The SMILES string of the molecule is CCC(C)CC(=O)N[C@@H](CC(C)C)C(=O)N[C@H](C(=O)N[C@@H](Cc1ccccc1)[C@@H](N)CC(=O)N[C@@H](COc1cccnc1)C(C)C)C(C)C. The van der Waals surface area contributed by atoms with Gasteiger partial charge in [-0.2, -0.15) is 0 Å². The van der Waals surface area contributed by atoms with Crippen LogP contribution in [0.15, 0.2) is 54.9 Å². The second-order valence-corrected chi connectivity index (χ2v) is 14.3. The van der Waals surface area contributed by atoms with Gasteiger partial charge in [-0.25, -0.2) is 0 Å². The number of hydrogen-bond acceptors (Lipinski definition) is 7. The number of ether oxygens (including phenoxy) is 1. The summed E-state index contributed by atoms with van der Waals surface area (Å²) in [7, 11) is 0. The van der Waals surface area contributed by atoms with Crippen molar-refractivity contribution in [3.05, 3.63) is 60.4 Å². The maximum absolute atomic E-state index is 13.9. The zero-order valence-electron chi connectivity index (χ0n) is 30.7. The van der Waals surface area contributed by atoms with E-state index >= 15 is 0 Å². The zero-order valence-corrected chi connectivity index (χ0v) is 30.7. The highest BCUT2D eigenvalue weighted by Gasteiger charge is 2.32. The average molecular weight is 681 g/mol. The molecule has 11 heteroatoms. The third kappa shape index (κ3) is 15.4. The fourth-order valence-corrected chi connectivity index (χ4v) is 5.30. The standard InChI is InChI=1S/C38H60N6O5/c1-9-27(8)19-34(45)41-32(18-24(2)3)37(47)44-36(26(6)7)38(48)43-31(20-28-14-11-10-12-15-28)30(39)21-35(46)42-33(25(4)5)23-49-29-16-13-17-40-22-29/h10-17,22,24-27,30-33,36H,9,18-21,23,39H2,1-8H3,(H,41,45)(H,42,46)(H,43,48)(H,44,47)/t27?,30-,31-,32-,33-,36-/m0/s1. The lowest BCUT2D eigenvalue weighted by atomic mass is 9.95. The molecule has 0 saturated carbocycles. The van der Waals surface area contributed by atoms with Crippen molar-refractivity contribution in [3.63, 3.8) is 0 Å². The highest BCUT2D eigenvalue weighted by Crippen LogP contribution is 2.14. The summed E-state index contributed by atoms with van der Waals surface area (Å²) in [4.78, 5) is 57.5. The summed E-state index contributed by atoms with van der Waals surface area (Å²) >= 11 is 0. The Morgan fingerprint density at radius 2 is 1.45 bits per heavy atom. The quantitative estimate of drug-likeness (QED) is 0.132. The Morgan fingerprint density at radius 1 is 0.776 bits per heavy atom. The molecular formula is C38H60N6O5. The Labute approximate surface area is 293 Å². The van der Waals surface area contributed by atoms with E-state index in [2.05, 4.69) is 26.3 Å². The second-order valence-electron chi connectivity index (χ2n) is 14.3. The number of amides is 4. The summed E-state index contributed by atoms with van der Waals surface area (Å²) in [6.07, 6.45) is 5.26. The molecule has 1 aromatic carbocycles. The molecular weight excluding hydrogens is 620 g/mol. The van der Waals surface area contributed by atoms with Gasteiger partial charge in [0.05, 0.1) is 12.2 Å². The van der Waals surface area contributed by atoms with Gasteiger partial charge in [-0.05, 0) is 54.2 Å². The molecule has 0 spiro atoms. The lowest BCUT2D eigenvalue weighted by Crippen LogP contribution is -2.59. The van der Waals surface area contributed by atoms with Gasteiger partial charge in [0.25, 0.3) is 0 Å². The molecule has 6 N–H and O–H groups in total. The van der Waals surface area contributed by atoms with Crippen LogP contribution in [0.4, 0.5) is 0 Å². The summed E-state index contributed by atoms with van der Waals surface area (Å²) in [6, 6.07) is 9.93. The number of pyridine rings is 1. The smallest absolute Gasteiger partial charge is 0.243 e. The largest absolute Gasteiger partial charge is 0.490 e. The van der Waals surface area contributed by atoms with Crippen molar-refractivity contribution in [3.8, 4) is 5.75 Å². The monoisotopic (exact) mass is 680 g/mol. The fourth-order valence-electron chi connectivity index (χ4n) is 5.30. The van der Waals surface area contributed by atoms with Crippen molar-refractivity contribution in [1.82, 2.24) is 26.3 Å². The molecule has 49 heavy (non-hydrogen) atoms. The highest BCUT2D eigenvalue weighted by molar-refractivity contribution is 5.92. The van der Waals surface area contributed by atoms with Crippen molar-refractivity contribution in [2.24, 2.45) is 29.4 Å². The van der Waals surface area contributed by atoms with Gasteiger partial charge in [-0.15, -0.1) is 0 Å². The summed E-state index contributed by atoms with van der Waals surface area (Å²) in [5, 5.41) is 11.9. The first-order valence-electron chi connectivity index (χ1n) is 17.7. The van der Waals surface area contributed by atoms with Crippen LogP contribution in [0.5, 0.6) is 5.75 Å². The van der Waals surface area contributed by atoms with Crippen LogP contribution >= 0.6 is 0 Å². The minimum Gasteiger partial charge on any atom is -0.490 e. The first-order chi connectivity index (χ1) is 23.2. The number of nitrogens with two attached hydrogens (primary N) is 1. The van der Waals surface area contributed by atoms with E-state index in [0.717, 1.165) is 12.0 Å². The predicted molar refractivity (Wildman–Crippen MR) is 193 cm³/mol.